The van der Waals surface area contributed by atoms with Crippen molar-refractivity contribution in [2.45, 2.75) is 44.7 Å². The molecular formula is C26H29N3O4S. The maximum atomic E-state index is 13.4. The van der Waals surface area contributed by atoms with Crippen molar-refractivity contribution in [3.8, 4) is 17.0 Å². The molecule has 2 unspecified atom stereocenters. The van der Waals surface area contributed by atoms with Crippen molar-refractivity contribution in [3.63, 3.8) is 0 Å². The molecule has 1 saturated heterocycles. The molecule has 1 fully saturated rings. The maximum Gasteiger partial charge on any atom is 0.167 e. The summed E-state index contributed by atoms with van der Waals surface area (Å²) in [6.07, 6.45) is 2.54. The van der Waals surface area contributed by atoms with Crippen LogP contribution in [0.15, 0.2) is 48.7 Å². The minimum atomic E-state index is -3.10. The molecule has 5 rings (SSSR count). The van der Waals surface area contributed by atoms with Gasteiger partial charge in [-0.3, -0.25) is 9.89 Å². The lowest BCUT2D eigenvalue weighted by atomic mass is 9.88. The number of aromatic nitrogens is 2. The quantitative estimate of drug-likeness (QED) is 0.537. The third-order valence-corrected chi connectivity index (χ3v) is 8.68. The van der Waals surface area contributed by atoms with E-state index in [1.165, 1.54) is 0 Å². The summed E-state index contributed by atoms with van der Waals surface area (Å²) in [5, 5.41) is 7.18. The molecule has 2 aliphatic rings. The third-order valence-electron chi connectivity index (χ3n) is 6.98. The van der Waals surface area contributed by atoms with Gasteiger partial charge in [0.2, 0.25) is 0 Å². The Balaban J connectivity index is 1.60. The number of nitrogens with zero attached hydrogens (tertiary/aromatic N) is 2. The number of nitrogens with one attached hydrogen (secondary N) is 1. The van der Waals surface area contributed by atoms with Crippen molar-refractivity contribution in [1.29, 1.82) is 0 Å². The number of anilines is 1. The first-order valence-electron chi connectivity index (χ1n) is 11.6. The van der Waals surface area contributed by atoms with Gasteiger partial charge in [-0.15, -0.1) is 0 Å². The van der Waals surface area contributed by atoms with Crippen LogP contribution in [0.4, 0.5) is 5.69 Å². The number of hydrogen-bond acceptors (Lipinski definition) is 6. The second kappa shape index (κ2) is 8.58. The largest absolute Gasteiger partial charge is 0.497 e. The van der Waals surface area contributed by atoms with E-state index < -0.39 is 9.84 Å². The highest BCUT2D eigenvalue weighted by molar-refractivity contribution is 7.91. The average Bonchev–Trinajstić information content (AvgIpc) is 3.44. The maximum absolute atomic E-state index is 13.4. The Bertz CT molecular complexity index is 1310. The molecule has 0 spiro atoms. The van der Waals surface area contributed by atoms with Crippen LogP contribution in [0.5, 0.6) is 5.75 Å². The normalized spacial score (nSPS) is 20.8. The van der Waals surface area contributed by atoms with Crippen molar-refractivity contribution in [3.05, 3.63) is 65.4 Å². The summed E-state index contributed by atoms with van der Waals surface area (Å²) in [4.78, 5) is 15.6. The predicted molar refractivity (Wildman–Crippen MR) is 132 cm³/mol. The van der Waals surface area contributed by atoms with E-state index in [4.69, 9.17) is 4.74 Å². The molecule has 2 aromatic carbocycles. The summed E-state index contributed by atoms with van der Waals surface area (Å²) < 4.78 is 30.3. The molecule has 0 amide bonds. The van der Waals surface area contributed by atoms with Crippen LogP contribution >= 0.6 is 0 Å². The van der Waals surface area contributed by atoms with Gasteiger partial charge in [-0.05, 0) is 61.7 Å². The van der Waals surface area contributed by atoms with Gasteiger partial charge in [0.1, 0.15) is 5.75 Å². The minimum absolute atomic E-state index is 0.0247. The first kappa shape index (κ1) is 22.7. The molecule has 178 valence electrons. The molecule has 1 N–H and O–H groups in total. The van der Waals surface area contributed by atoms with Crippen LogP contribution in [0.2, 0.25) is 0 Å². The van der Waals surface area contributed by atoms with Crippen molar-refractivity contribution >= 4 is 21.3 Å². The second-order valence-corrected chi connectivity index (χ2v) is 11.7. The summed E-state index contributed by atoms with van der Waals surface area (Å²) >= 11 is 0. The Morgan fingerprint density at radius 3 is 2.62 bits per heavy atom. The van der Waals surface area contributed by atoms with E-state index >= 15 is 0 Å². The highest BCUT2D eigenvalue weighted by Gasteiger charge is 2.46. The fourth-order valence-corrected chi connectivity index (χ4v) is 7.13. The molecule has 8 heteroatoms. The van der Waals surface area contributed by atoms with Gasteiger partial charge in [-0.1, -0.05) is 12.1 Å². The van der Waals surface area contributed by atoms with Gasteiger partial charge in [-0.2, -0.15) is 5.10 Å². The van der Waals surface area contributed by atoms with Crippen molar-refractivity contribution in [2.75, 3.05) is 23.5 Å². The summed E-state index contributed by atoms with van der Waals surface area (Å²) in [5.41, 5.74) is 5.36. The zero-order valence-electron chi connectivity index (χ0n) is 19.6. The number of rotatable bonds is 6. The zero-order chi connectivity index (χ0) is 24.0. The number of Topliss-reactive ketones (excluding diaryl/α,β-unsaturated/α-hetero) is 1. The van der Waals surface area contributed by atoms with E-state index in [0.29, 0.717) is 12.0 Å². The molecular weight excluding hydrogens is 450 g/mol. The molecule has 3 heterocycles. The van der Waals surface area contributed by atoms with Crippen LogP contribution in [0.25, 0.3) is 11.3 Å². The molecule has 0 aliphatic carbocycles. The molecule has 7 nitrogen and oxygen atoms in total. The number of sulfone groups is 1. The number of ketones is 1. The van der Waals surface area contributed by atoms with Crippen LogP contribution in [0, 0.1) is 0 Å². The van der Waals surface area contributed by atoms with Crippen LogP contribution in [-0.2, 0) is 16.3 Å². The number of benzene rings is 2. The Morgan fingerprint density at radius 2 is 1.97 bits per heavy atom. The smallest absolute Gasteiger partial charge is 0.167 e. The van der Waals surface area contributed by atoms with Crippen LogP contribution in [-0.4, -0.2) is 55.1 Å². The van der Waals surface area contributed by atoms with Gasteiger partial charge in [0.25, 0.3) is 0 Å². The summed E-state index contributed by atoms with van der Waals surface area (Å²) in [6, 6.07) is 13.3. The molecule has 2 atom stereocenters. The van der Waals surface area contributed by atoms with E-state index in [9.17, 15) is 13.2 Å². The molecule has 3 aromatic rings. The van der Waals surface area contributed by atoms with E-state index in [-0.39, 0.29) is 41.7 Å². The van der Waals surface area contributed by atoms with Gasteiger partial charge in [0.15, 0.2) is 15.6 Å². The summed E-state index contributed by atoms with van der Waals surface area (Å²) in [6.45, 7) is 4.18. The van der Waals surface area contributed by atoms with Crippen LogP contribution < -0.4 is 9.64 Å². The predicted octanol–water partition coefficient (Wildman–Crippen LogP) is 4.01. The number of hydrogen-bond donors (Lipinski definition) is 1. The number of fused-ring (bicyclic) bond motifs is 3. The molecule has 2 aliphatic heterocycles. The Morgan fingerprint density at radius 1 is 1.21 bits per heavy atom. The molecule has 0 saturated carbocycles. The monoisotopic (exact) mass is 479 g/mol. The topological polar surface area (TPSA) is 92.4 Å². The standard InChI is InChI=1S/C26H29N3O4S/c1-16(2)29-24-15-34(31,32)11-9-20(24)21-13-18(14-22(26(21)29)23-8-10-27-28-23)25(30)12-17-4-6-19(33-3)7-5-17/h4-8,10,13-14,16,20,24H,9,11-12,15H2,1-3H3,(H,27,28). The fourth-order valence-electron chi connectivity index (χ4n) is 5.43. The van der Waals surface area contributed by atoms with Gasteiger partial charge in [-0.25, -0.2) is 8.42 Å². The number of H-pyrrole nitrogens is 1. The SMILES string of the molecule is COc1ccc(CC(=O)c2cc(-c3ccn[nH]3)c3c(c2)C2CCS(=O)(=O)CC2N3C(C)C)cc1. The van der Waals surface area contributed by atoms with Crippen molar-refractivity contribution < 1.29 is 17.9 Å². The van der Waals surface area contributed by atoms with E-state index in [0.717, 1.165) is 33.8 Å². The molecule has 1 aromatic heterocycles. The molecule has 34 heavy (non-hydrogen) atoms. The Kier molecular flexibility index (Phi) is 5.72. The first-order chi connectivity index (χ1) is 16.3. The Hall–Kier alpha value is -3.13. The lowest BCUT2D eigenvalue weighted by Gasteiger charge is -2.36. The first-order valence-corrected chi connectivity index (χ1v) is 13.4. The summed E-state index contributed by atoms with van der Waals surface area (Å²) in [5.74, 6) is 1.18. The average molecular weight is 480 g/mol. The minimum Gasteiger partial charge on any atom is -0.497 e. The van der Waals surface area contributed by atoms with Crippen molar-refractivity contribution in [1.82, 2.24) is 10.2 Å². The Labute approximate surface area is 200 Å². The van der Waals surface area contributed by atoms with E-state index in [1.54, 1.807) is 13.3 Å². The lowest BCUT2D eigenvalue weighted by molar-refractivity contribution is 0.0993. The van der Waals surface area contributed by atoms with Crippen LogP contribution in [0.1, 0.15) is 47.7 Å². The number of carbonyl (C=O) groups excluding carboxylic acids is 1. The lowest BCUT2D eigenvalue weighted by Crippen LogP contribution is -2.47. The number of methoxy groups -OCH3 is 1. The number of ether oxygens (including phenoxy) is 1. The van der Waals surface area contributed by atoms with Crippen LogP contribution in [0.3, 0.4) is 0 Å². The highest BCUT2D eigenvalue weighted by atomic mass is 32.2. The zero-order valence-corrected chi connectivity index (χ0v) is 20.4. The van der Waals surface area contributed by atoms with Gasteiger partial charge in [0.05, 0.1) is 36.0 Å². The second-order valence-electron chi connectivity index (χ2n) is 9.46. The number of carbonyl (C=O) groups is 1. The van der Waals surface area contributed by atoms with Gasteiger partial charge < -0.3 is 9.64 Å². The number of aromatic amines is 1. The molecule has 0 bridgehead atoms. The van der Waals surface area contributed by atoms with E-state index in [1.807, 2.05) is 42.5 Å². The highest BCUT2D eigenvalue weighted by Crippen LogP contribution is 2.51. The third kappa shape index (κ3) is 4.00. The van der Waals surface area contributed by atoms with E-state index in [2.05, 4.69) is 28.9 Å². The van der Waals surface area contributed by atoms with Gasteiger partial charge >= 0.3 is 0 Å². The summed E-state index contributed by atoms with van der Waals surface area (Å²) in [7, 11) is -1.48. The van der Waals surface area contributed by atoms with Gasteiger partial charge in [0, 0.05) is 35.7 Å². The van der Waals surface area contributed by atoms with Crippen molar-refractivity contribution in [2.24, 2.45) is 0 Å². The molecule has 0 radical (unpaired) electrons. The fraction of sp³-hybridized carbons (Fsp3) is 0.385.